The molecule has 1 aliphatic heterocycles. The molecule has 0 saturated carbocycles. The lowest BCUT2D eigenvalue weighted by Gasteiger charge is -2.14. The first kappa shape index (κ1) is 17.0. The van der Waals surface area contributed by atoms with Crippen LogP contribution in [0.4, 0.5) is 0 Å². The summed E-state index contributed by atoms with van der Waals surface area (Å²) in [6.07, 6.45) is 9.03. The van der Waals surface area contributed by atoms with Gasteiger partial charge in [-0.25, -0.2) is 9.97 Å². The highest BCUT2D eigenvalue weighted by atomic mass is 15.1. The molecule has 3 heterocycles. The van der Waals surface area contributed by atoms with Gasteiger partial charge in [-0.15, -0.1) is 0 Å². The minimum Gasteiger partial charge on any atom is -0.341 e. The van der Waals surface area contributed by atoms with Crippen molar-refractivity contribution in [3.8, 4) is 22.6 Å². The van der Waals surface area contributed by atoms with Crippen molar-refractivity contribution in [1.82, 2.24) is 24.4 Å². The van der Waals surface area contributed by atoms with Crippen molar-refractivity contribution in [2.45, 2.75) is 39.2 Å². The molecule has 3 aromatic rings. The van der Waals surface area contributed by atoms with Crippen molar-refractivity contribution in [3.05, 3.63) is 48.7 Å². The fourth-order valence-corrected chi connectivity index (χ4v) is 3.81. The minimum atomic E-state index is 0.931. The SMILES string of the molecule is Cc1ncc(-c2c(-c3ccccc3)ncn2CCCCN2CCCC2)[nH]1. The number of rotatable bonds is 7. The van der Waals surface area contributed by atoms with E-state index < -0.39 is 0 Å². The zero-order valence-electron chi connectivity index (χ0n) is 15.5. The molecule has 0 spiro atoms. The van der Waals surface area contributed by atoms with Crippen LogP contribution in [-0.4, -0.2) is 44.1 Å². The second-order valence-corrected chi connectivity index (χ2v) is 7.14. The van der Waals surface area contributed by atoms with Gasteiger partial charge in [0.25, 0.3) is 0 Å². The number of unbranched alkanes of at least 4 members (excludes halogenated alkanes) is 1. The molecule has 1 N–H and O–H groups in total. The number of aryl methyl sites for hydroxylation is 2. The van der Waals surface area contributed by atoms with Crippen molar-refractivity contribution >= 4 is 0 Å². The van der Waals surface area contributed by atoms with E-state index in [2.05, 4.69) is 43.7 Å². The average Bonchev–Trinajstić information content (AvgIpc) is 3.40. The lowest BCUT2D eigenvalue weighted by atomic mass is 10.1. The van der Waals surface area contributed by atoms with Crippen LogP contribution in [0.15, 0.2) is 42.9 Å². The van der Waals surface area contributed by atoms with Gasteiger partial charge < -0.3 is 14.5 Å². The van der Waals surface area contributed by atoms with E-state index in [4.69, 9.17) is 4.98 Å². The Balaban J connectivity index is 1.53. The van der Waals surface area contributed by atoms with E-state index in [-0.39, 0.29) is 0 Å². The van der Waals surface area contributed by atoms with Crippen LogP contribution in [0.5, 0.6) is 0 Å². The zero-order chi connectivity index (χ0) is 17.8. The fraction of sp³-hybridized carbons (Fsp3) is 0.429. The quantitative estimate of drug-likeness (QED) is 0.653. The molecule has 0 aliphatic carbocycles. The highest BCUT2D eigenvalue weighted by molar-refractivity contribution is 5.76. The van der Waals surface area contributed by atoms with Crippen LogP contribution in [0.3, 0.4) is 0 Å². The molecule has 1 fully saturated rings. The highest BCUT2D eigenvalue weighted by Crippen LogP contribution is 2.30. The Hall–Kier alpha value is -2.40. The van der Waals surface area contributed by atoms with Crippen LogP contribution in [-0.2, 0) is 6.54 Å². The Labute approximate surface area is 155 Å². The smallest absolute Gasteiger partial charge is 0.103 e. The predicted octanol–water partition coefficient (Wildman–Crippen LogP) is 4.12. The zero-order valence-corrected chi connectivity index (χ0v) is 15.5. The van der Waals surface area contributed by atoms with Crippen LogP contribution in [0.1, 0.15) is 31.5 Å². The van der Waals surface area contributed by atoms with Crippen molar-refractivity contribution in [2.75, 3.05) is 19.6 Å². The van der Waals surface area contributed by atoms with E-state index in [0.29, 0.717) is 0 Å². The van der Waals surface area contributed by atoms with Crippen LogP contribution >= 0.6 is 0 Å². The van der Waals surface area contributed by atoms with E-state index in [1.165, 1.54) is 45.3 Å². The lowest BCUT2D eigenvalue weighted by molar-refractivity contribution is 0.326. The number of imidazole rings is 2. The van der Waals surface area contributed by atoms with Gasteiger partial charge in [-0.05, 0) is 52.2 Å². The minimum absolute atomic E-state index is 0.931. The number of benzene rings is 1. The first-order valence-corrected chi connectivity index (χ1v) is 9.66. The van der Waals surface area contributed by atoms with Crippen LogP contribution < -0.4 is 0 Å². The number of hydrogen-bond acceptors (Lipinski definition) is 3. The molecule has 2 aromatic heterocycles. The summed E-state index contributed by atoms with van der Waals surface area (Å²) in [5.74, 6) is 0.931. The summed E-state index contributed by atoms with van der Waals surface area (Å²) in [6, 6.07) is 10.4. The topological polar surface area (TPSA) is 49.7 Å². The highest BCUT2D eigenvalue weighted by Gasteiger charge is 2.17. The molecule has 0 bridgehead atoms. The van der Waals surface area contributed by atoms with Gasteiger partial charge in [0.2, 0.25) is 0 Å². The Morgan fingerprint density at radius 1 is 1.00 bits per heavy atom. The Bertz CT molecular complexity index is 827. The summed E-state index contributed by atoms with van der Waals surface area (Å²) in [5.41, 5.74) is 4.34. The maximum atomic E-state index is 4.73. The summed E-state index contributed by atoms with van der Waals surface area (Å²) < 4.78 is 2.28. The van der Waals surface area contributed by atoms with Crippen molar-refractivity contribution < 1.29 is 0 Å². The van der Waals surface area contributed by atoms with Crippen LogP contribution in [0.2, 0.25) is 0 Å². The third-order valence-corrected chi connectivity index (χ3v) is 5.16. The van der Waals surface area contributed by atoms with E-state index in [9.17, 15) is 0 Å². The molecule has 4 rings (SSSR count). The van der Waals surface area contributed by atoms with Crippen LogP contribution in [0, 0.1) is 6.92 Å². The summed E-state index contributed by atoms with van der Waals surface area (Å²) in [6.45, 7) is 6.76. The van der Waals surface area contributed by atoms with Gasteiger partial charge in [0.1, 0.15) is 5.82 Å². The Morgan fingerprint density at radius 3 is 2.50 bits per heavy atom. The summed E-state index contributed by atoms with van der Waals surface area (Å²) in [4.78, 5) is 15.1. The van der Waals surface area contributed by atoms with Gasteiger partial charge in [-0.3, -0.25) is 0 Å². The molecule has 1 aliphatic rings. The Kier molecular flexibility index (Phi) is 5.16. The fourth-order valence-electron chi connectivity index (χ4n) is 3.81. The molecular formula is C21H27N5. The lowest BCUT2D eigenvalue weighted by Crippen LogP contribution is -2.20. The monoisotopic (exact) mass is 349 g/mol. The van der Waals surface area contributed by atoms with E-state index in [0.717, 1.165) is 35.0 Å². The first-order valence-electron chi connectivity index (χ1n) is 9.66. The molecule has 0 amide bonds. The maximum absolute atomic E-state index is 4.73. The number of nitrogens with one attached hydrogen (secondary N) is 1. The number of likely N-dealkylation sites (tertiary alicyclic amines) is 1. The van der Waals surface area contributed by atoms with E-state index in [1.54, 1.807) is 0 Å². The van der Waals surface area contributed by atoms with Gasteiger partial charge >= 0.3 is 0 Å². The molecule has 0 unspecified atom stereocenters. The molecule has 1 aromatic carbocycles. The van der Waals surface area contributed by atoms with E-state index in [1.807, 2.05) is 25.5 Å². The summed E-state index contributed by atoms with van der Waals surface area (Å²) >= 11 is 0. The Morgan fingerprint density at radius 2 is 1.77 bits per heavy atom. The predicted molar refractivity (Wildman–Crippen MR) is 105 cm³/mol. The third-order valence-electron chi connectivity index (χ3n) is 5.16. The van der Waals surface area contributed by atoms with Gasteiger partial charge in [0, 0.05) is 12.1 Å². The summed E-state index contributed by atoms with van der Waals surface area (Å²) in [7, 11) is 0. The molecule has 1 saturated heterocycles. The largest absolute Gasteiger partial charge is 0.341 e. The van der Waals surface area contributed by atoms with Gasteiger partial charge in [-0.1, -0.05) is 30.3 Å². The molecule has 0 atom stereocenters. The number of aromatic amines is 1. The second kappa shape index (κ2) is 7.87. The third kappa shape index (κ3) is 3.73. The molecule has 26 heavy (non-hydrogen) atoms. The van der Waals surface area contributed by atoms with Crippen LogP contribution in [0.25, 0.3) is 22.6 Å². The molecule has 5 nitrogen and oxygen atoms in total. The van der Waals surface area contributed by atoms with Gasteiger partial charge in [-0.2, -0.15) is 0 Å². The van der Waals surface area contributed by atoms with Gasteiger partial charge in [0.05, 0.1) is 29.6 Å². The van der Waals surface area contributed by atoms with Crippen molar-refractivity contribution in [3.63, 3.8) is 0 Å². The van der Waals surface area contributed by atoms with E-state index >= 15 is 0 Å². The molecule has 0 radical (unpaired) electrons. The van der Waals surface area contributed by atoms with Gasteiger partial charge in [0.15, 0.2) is 0 Å². The summed E-state index contributed by atoms with van der Waals surface area (Å²) in [5, 5.41) is 0. The number of aromatic nitrogens is 4. The standard InChI is InChI=1S/C21H27N5/c1-17-22-15-19(24-17)21-20(18-9-3-2-4-10-18)23-16-26(21)14-8-7-13-25-11-5-6-12-25/h2-4,9-10,15-16H,5-8,11-14H2,1H3,(H,22,24). The average molecular weight is 349 g/mol. The number of H-pyrrole nitrogens is 1. The van der Waals surface area contributed by atoms with Crippen molar-refractivity contribution in [1.29, 1.82) is 0 Å². The molecule has 5 heteroatoms. The molecule has 136 valence electrons. The maximum Gasteiger partial charge on any atom is 0.103 e. The second-order valence-electron chi connectivity index (χ2n) is 7.14. The molecular weight excluding hydrogens is 322 g/mol. The normalized spacial score (nSPS) is 15.0. The first-order chi connectivity index (χ1) is 12.8. The number of hydrogen-bond donors (Lipinski definition) is 1. The number of nitrogens with zero attached hydrogens (tertiary/aromatic N) is 4. The van der Waals surface area contributed by atoms with Crippen molar-refractivity contribution in [2.24, 2.45) is 0 Å².